The summed E-state index contributed by atoms with van der Waals surface area (Å²) in [5.74, 6) is -0.512. The van der Waals surface area contributed by atoms with Crippen LogP contribution in [0.4, 0.5) is 5.69 Å². The lowest BCUT2D eigenvalue weighted by Crippen LogP contribution is -2.54. The SMILES string of the molecule is COc1ccc(C)cc1N(CC(=O)N(Cc1ccc(Br)cc1)[C@@H](Cc1ccccc1)C(=O)NC(C)C)S(C)(=O)=O. The van der Waals surface area contributed by atoms with Crippen molar-refractivity contribution in [1.82, 2.24) is 10.2 Å². The number of rotatable bonds is 12. The number of amides is 2. The van der Waals surface area contributed by atoms with E-state index in [-0.39, 0.29) is 30.6 Å². The lowest BCUT2D eigenvalue weighted by Gasteiger charge is -2.34. The summed E-state index contributed by atoms with van der Waals surface area (Å²) in [5, 5.41) is 2.94. The van der Waals surface area contributed by atoms with Crippen LogP contribution in [-0.2, 0) is 32.6 Å². The maximum absolute atomic E-state index is 14.1. The fourth-order valence-corrected chi connectivity index (χ4v) is 5.42. The molecule has 10 heteroatoms. The molecule has 3 aromatic carbocycles. The number of ether oxygens (including phenoxy) is 1. The zero-order chi connectivity index (χ0) is 29.4. The summed E-state index contributed by atoms with van der Waals surface area (Å²) >= 11 is 3.43. The number of halogens is 1. The Morgan fingerprint density at radius 1 is 0.975 bits per heavy atom. The molecule has 8 nitrogen and oxygen atoms in total. The zero-order valence-corrected chi connectivity index (χ0v) is 25.8. The molecular weight excluding hydrogens is 594 g/mol. The highest BCUT2D eigenvalue weighted by Crippen LogP contribution is 2.31. The topological polar surface area (TPSA) is 96.0 Å². The van der Waals surface area contributed by atoms with Gasteiger partial charge in [0.15, 0.2) is 0 Å². The van der Waals surface area contributed by atoms with Crippen LogP contribution >= 0.6 is 15.9 Å². The predicted octanol–water partition coefficient (Wildman–Crippen LogP) is 4.70. The molecule has 0 unspecified atom stereocenters. The van der Waals surface area contributed by atoms with Crippen LogP contribution in [0.15, 0.2) is 77.3 Å². The molecule has 0 bridgehead atoms. The molecule has 1 N–H and O–H groups in total. The maximum atomic E-state index is 14.1. The largest absolute Gasteiger partial charge is 0.495 e. The van der Waals surface area contributed by atoms with E-state index >= 15 is 0 Å². The molecule has 1 atom stereocenters. The monoisotopic (exact) mass is 629 g/mol. The molecule has 0 aromatic heterocycles. The first kappa shape index (κ1) is 31.2. The minimum atomic E-state index is -3.90. The first-order valence-corrected chi connectivity index (χ1v) is 15.5. The highest BCUT2D eigenvalue weighted by molar-refractivity contribution is 9.10. The van der Waals surface area contributed by atoms with Gasteiger partial charge >= 0.3 is 0 Å². The second-order valence-electron chi connectivity index (χ2n) is 9.96. The molecule has 0 aliphatic heterocycles. The molecular formula is C30H36BrN3O5S. The average molecular weight is 631 g/mol. The van der Waals surface area contributed by atoms with E-state index in [0.29, 0.717) is 5.75 Å². The number of benzene rings is 3. The van der Waals surface area contributed by atoms with E-state index in [9.17, 15) is 18.0 Å². The van der Waals surface area contributed by atoms with Gasteiger partial charge in [-0.1, -0.05) is 64.5 Å². The van der Waals surface area contributed by atoms with Crippen LogP contribution in [0.25, 0.3) is 0 Å². The minimum Gasteiger partial charge on any atom is -0.495 e. The number of nitrogens with one attached hydrogen (secondary N) is 1. The summed E-state index contributed by atoms with van der Waals surface area (Å²) in [5.41, 5.74) is 2.74. The summed E-state index contributed by atoms with van der Waals surface area (Å²) in [7, 11) is -2.45. The Morgan fingerprint density at radius 2 is 1.62 bits per heavy atom. The highest BCUT2D eigenvalue weighted by Gasteiger charge is 2.34. The van der Waals surface area contributed by atoms with Crippen LogP contribution in [0.3, 0.4) is 0 Å². The van der Waals surface area contributed by atoms with Gasteiger partial charge < -0.3 is 15.0 Å². The molecule has 0 heterocycles. The van der Waals surface area contributed by atoms with Gasteiger partial charge in [0.25, 0.3) is 0 Å². The van der Waals surface area contributed by atoms with E-state index in [1.54, 1.807) is 18.2 Å². The van der Waals surface area contributed by atoms with E-state index in [2.05, 4.69) is 21.2 Å². The van der Waals surface area contributed by atoms with Crippen LogP contribution in [0, 0.1) is 6.92 Å². The number of sulfonamides is 1. The Morgan fingerprint density at radius 3 is 2.20 bits per heavy atom. The van der Waals surface area contributed by atoms with Crippen molar-refractivity contribution in [3.05, 3.63) is 94.0 Å². The molecule has 0 saturated heterocycles. The Labute approximate surface area is 245 Å². The fourth-order valence-electron chi connectivity index (χ4n) is 4.31. The van der Waals surface area contributed by atoms with Gasteiger partial charge in [-0.2, -0.15) is 0 Å². The average Bonchev–Trinajstić information content (AvgIpc) is 2.89. The van der Waals surface area contributed by atoms with Crippen LogP contribution in [-0.4, -0.2) is 57.1 Å². The molecule has 0 aliphatic carbocycles. The van der Waals surface area contributed by atoms with Gasteiger partial charge in [-0.3, -0.25) is 13.9 Å². The normalized spacial score (nSPS) is 12.1. The second-order valence-corrected chi connectivity index (χ2v) is 12.8. The first-order valence-electron chi connectivity index (χ1n) is 12.9. The summed E-state index contributed by atoms with van der Waals surface area (Å²) in [6, 6.07) is 21.0. The lowest BCUT2D eigenvalue weighted by atomic mass is 10.0. The number of anilines is 1. The third-order valence-corrected chi connectivity index (χ3v) is 7.91. The van der Waals surface area contributed by atoms with Crippen LogP contribution in [0.5, 0.6) is 5.75 Å². The Balaban J connectivity index is 2.09. The zero-order valence-electron chi connectivity index (χ0n) is 23.4. The van der Waals surface area contributed by atoms with Crippen LogP contribution in [0.1, 0.15) is 30.5 Å². The number of carbonyl (C=O) groups is 2. The van der Waals surface area contributed by atoms with Crippen molar-refractivity contribution in [2.24, 2.45) is 0 Å². The molecule has 3 aromatic rings. The van der Waals surface area contributed by atoms with Gasteiger partial charge in [-0.05, 0) is 61.7 Å². The number of aryl methyl sites for hydroxylation is 1. The number of carbonyl (C=O) groups excluding carboxylic acids is 2. The van der Waals surface area contributed by atoms with Crippen molar-refractivity contribution in [3.63, 3.8) is 0 Å². The summed E-state index contributed by atoms with van der Waals surface area (Å²) in [6.07, 6.45) is 1.31. The standard InChI is InChI=1S/C30H36BrN3O5S/c1-21(2)32-30(36)27(18-23-9-7-6-8-10-23)33(19-24-12-14-25(31)15-13-24)29(35)20-34(40(5,37)38)26-17-22(3)11-16-28(26)39-4/h6-17,21,27H,18-20H2,1-5H3,(H,32,36)/t27-/m0/s1. The van der Waals surface area contributed by atoms with E-state index < -0.39 is 28.5 Å². The predicted molar refractivity (Wildman–Crippen MR) is 162 cm³/mol. The van der Waals surface area contributed by atoms with Gasteiger partial charge in [0.2, 0.25) is 21.8 Å². The minimum absolute atomic E-state index is 0.109. The first-order chi connectivity index (χ1) is 18.9. The second kappa shape index (κ2) is 13.8. The van der Waals surface area contributed by atoms with E-state index in [1.807, 2.05) is 75.4 Å². The van der Waals surface area contributed by atoms with E-state index in [4.69, 9.17) is 4.74 Å². The number of nitrogens with zero attached hydrogens (tertiary/aromatic N) is 2. The van der Waals surface area contributed by atoms with Crippen LogP contribution in [0.2, 0.25) is 0 Å². The molecule has 0 fully saturated rings. The molecule has 2 amide bonds. The molecule has 3 rings (SSSR count). The molecule has 0 spiro atoms. The molecule has 214 valence electrons. The summed E-state index contributed by atoms with van der Waals surface area (Å²) in [4.78, 5) is 29.2. The van der Waals surface area contributed by atoms with Gasteiger partial charge in [0.05, 0.1) is 19.1 Å². The summed E-state index contributed by atoms with van der Waals surface area (Å²) in [6.45, 7) is 5.14. The van der Waals surface area contributed by atoms with Gasteiger partial charge in [-0.15, -0.1) is 0 Å². The van der Waals surface area contributed by atoms with E-state index in [1.165, 1.54) is 12.0 Å². The molecule has 40 heavy (non-hydrogen) atoms. The number of methoxy groups -OCH3 is 1. The smallest absolute Gasteiger partial charge is 0.244 e. The lowest BCUT2D eigenvalue weighted by molar-refractivity contribution is -0.140. The van der Waals surface area contributed by atoms with E-state index in [0.717, 1.165) is 31.7 Å². The summed E-state index contributed by atoms with van der Waals surface area (Å²) < 4.78 is 33.4. The Kier molecular flexibility index (Phi) is 10.8. The van der Waals surface area contributed by atoms with Crippen molar-refractivity contribution in [1.29, 1.82) is 0 Å². The maximum Gasteiger partial charge on any atom is 0.244 e. The molecule has 0 aliphatic rings. The highest BCUT2D eigenvalue weighted by atomic mass is 79.9. The third-order valence-electron chi connectivity index (χ3n) is 6.25. The Hall–Kier alpha value is -3.37. The van der Waals surface area contributed by atoms with Gasteiger partial charge in [-0.25, -0.2) is 8.42 Å². The van der Waals surface area contributed by atoms with Crippen molar-refractivity contribution in [2.75, 3.05) is 24.2 Å². The van der Waals surface area contributed by atoms with Crippen molar-refractivity contribution >= 4 is 43.5 Å². The van der Waals surface area contributed by atoms with Crippen molar-refractivity contribution in [3.8, 4) is 5.75 Å². The number of hydrogen-bond donors (Lipinski definition) is 1. The van der Waals surface area contributed by atoms with Crippen LogP contribution < -0.4 is 14.4 Å². The third kappa shape index (κ3) is 8.56. The Bertz CT molecular complexity index is 1410. The molecule has 0 radical (unpaired) electrons. The fraction of sp³-hybridized carbons (Fsp3) is 0.333. The molecule has 0 saturated carbocycles. The van der Waals surface area contributed by atoms with Gasteiger partial charge in [0.1, 0.15) is 18.3 Å². The van der Waals surface area contributed by atoms with Crippen molar-refractivity contribution < 1.29 is 22.7 Å². The number of hydrogen-bond acceptors (Lipinski definition) is 5. The quantitative estimate of drug-likeness (QED) is 0.313. The van der Waals surface area contributed by atoms with Crippen molar-refractivity contribution in [2.45, 2.75) is 45.8 Å². The van der Waals surface area contributed by atoms with Gasteiger partial charge in [0, 0.05) is 23.5 Å².